The quantitative estimate of drug-likeness (QED) is 0.826. The number of aliphatic hydroxyl groups excluding tert-OH is 1. The molecule has 108 valence electrons. The molecule has 1 heterocycles. The number of nitrogens with zero attached hydrogens (tertiary/aromatic N) is 1. The third kappa shape index (κ3) is 4.15. The summed E-state index contributed by atoms with van der Waals surface area (Å²) < 4.78 is 13.3. The van der Waals surface area contributed by atoms with E-state index in [1.165, 1.54) is 18.2 Å². The maximum Gasteiger partial charge on any atom is 0.328 e. The van der Waals surface area contributed by atoms with Gasteiger partial charge >= 0.3 is 5.97 Å². The Labute approximate surface area is 117 Å². The van der Waals surface area contributed by atoms with Crippen LogP contribution in [0.4, 0.5) is 4.39 Å². The number of hydrogen-bond acceptors (Lipinski definition) is 3. The van der Waals surface area contributed by atoms with Gasteiger partial charge in [0.15, 0.2) is 0 Å². The van der Waals surface area contributed by atoms with Gasteiger partial charge in [-0.2, -0.15) is 0 Å². The molecule has 2 N–H and O–H groups in total. The molecule has 0 amide bonds. The summed E-state index contributed by atoms with van der Waals surface area (Å²) in [5.41, 5.74) is 1.47. The zero-order chi connectivity index (χ0) is 14.5. The lowest BCUT2D eigenvalue weighted by Gasteiger charge is -2.29. The molecule has 0 aliphatic carbocycles. The minimum Gasteiger partial charge on any atom is -0.478 e. The molecular weight excluding hydrogens is 261 g/mol. The van der Waals surface area contributed by atoms with Crippen molar-refractivity contribution in [2.75, 3.05) is 13.1 Å². The van der Waals surface area contributed by atoms with Crippen molar-refractivity contribution in [3.63, 3.8) is 0 Å². The standard InChI is InChI=1S/C15H18FNO3/c16-13-3-1-12(11(9-13)2-4-15(19)20)10-17-7-5-14(18)6-8-17/h1-4,9,14,18H,5-8,10H2,(H,19,20). The molecule has 1 aromatic carbocycles. The summed E-state index contributed by atoms with van der Waals surface area (Å²) in [6, 6.07) is 4.40. The monoisotopic (exact) mass is 279 g/mol. The van der Waals surface area contributed by atoms with Crippen LogP contribution in [0, 0.1) is 5.82 Å². The normalized spacial score (nSPS) is 17.7. The second-order valence-electron chi connectivity index (χ2n) is 5.02. The van der Waals surface area contributed by atoms with E-state index >= 15 is 0 Å². The van der Waals surface area contributed by atoms with Gasteiger partial charge in [-0.05, 0) is 42.2 Å². The zero-order valence-electron chi connectivity index (χ0n) is 11.1. The number of halogens is 1. The van der Waals surface area contributed by atoms with Crippen molar-refractivity contribution in [1.82, 2.24) is 4.90 Å². The molecule has 1 aliphatic heterocycles. The molecule has 4 nitrogen and oxygen atoms in total. The second-order valence-corrected chi connectivity index (χ2v) is 5.02. The Morgan fingerprint density at radius 3 is 2.75 bits per heavy atom. The van der Waals surface area contributed by atoms with Gasteiger partial charge in [0.05, 0.1) is 6.10 Å². The van der Waals surface area contributed by atoms with Crippen LogP contribution in [0.1, 0.15) is 24.0 Å². The minimum absolute atomic E-state index is 0.231. The van der Waals surface area contributed by atoms with E-state index < -0.39 is 5.97 Å². The number of aliphatic hydroxyl groups is 1. The summed E-state index contributed by atoms with van der Waals surface area (Å²) in [5.74, 6) is -1.44. The summed E-state index contributed by atoms with van der Waals surface area (Å²) in [7, 11) is 0. The van der Waals surface area contributed by atoms with Gasteiger partial charge in [0.1, 0.15) is 5.82 Å². The van der Waals surface area contributed by atoms with Gasteiger partial charge in [-0.25, -0.2) is 9.18 Å². The largest absolute Gasteiger partial charge is 0.478 e. The molecule has 0 atom stereocenters. The fraction of sp³-hybridized carbons (Fsp3) is 0.400. The van der Waals surface area contributed by atoms with Crippen LogP contribution < -0.4 is 0 Å². The molecule has 1 saturated heterocycles. The Morgan fingerprint density at radius 1 is 1.40 bits per heavy atom. The molecule has 0 bridgehead atoms. The van der Waals surface area contributed by atoms with Crippen molar-refractivity contribution in [3.8, 4) is 0 Å². The van der Waals surface area contributed by atoms with Crippen molar-refractivity contribution in [3.05, 3.63) is 41.2 Å². The van der Waals surface area contributed by atoms with E-state index in [0.717, 1.165) is 37.6 Å². The van der Waals surface area contributed by atoms with Crippen LogP contribution in [0.2, 0.25) is 0 Å². The summed E-state index contributed by atoms with van der Waals surface area (Å²) in [6.45, 7) is 2.22. The number of rotatable bonds is 4. The highest BCUT2D eigenvalue weighted by Gasteiger charge is 2.17. The smallest absolute Gasteiger partial charge is 0.328 e. The number of carboxylic acids is 1. The van der Waals surface area contributed by atoms with Gasteiger partial charge in [0.2, 0.25) is 0 Å². The Balaban J connectivity index is 2.12. The second kappa shape index (κ2) is 6.63. The fourth-order valence-electron chi connectivity index (χ4n) is 2.34. The summed E-state index contributed by atoms with van der Waals surface area (Å²) in [5, 5.41) is 18.1. The average Bonchev–Trinajstić information content (AvgIpc) is 2.41. The number of benzene rings is 1. The first-order chi connectivity index (χ1) is 9.54. The van der Waals surface area contributed by atoms with E-state index in [1.807, 2.05) is 0 Å². The Hall–Kier alpha value is -1.72. The summed E-state index contributed by atoms with van der Waals surface area (Å²) >= 11 is 0. The number of carboxylic acid groups (broad SMARTS) is 1. The predicted octanol–water partition coefficient (Wildman–Crippen LogP) is 1.88. The number of aliphatic carboxylic acids is 1. The van der Waals surface area contributed by atoms with Gasteiger partial charge in [0, 0.05) is 25.7 Å². The maximum atomic E-state index is 13.3. The lowest BCUT2D eigenvalue weighted by Crippen LogP contribution is -2.35. The molecule has 5 heteroatoms. The van der Waals surface area contributed by atoms with Crippen LogP contribution in [-0.2, 0) is 11.3 Å². The Kier molecular flexibility index (Phi) is 4.87. The highest BCUT2D eigenvalue weighted by molar-refractivity contribution is 5.85. The maximum absolute atomic E-state index is 13.3. The first kappa shape index (κ1) is 14.7. The molecule has 1 aromatic rings. The van der Waals surface area contributed by atoms with Crippen LogP contribution in [0.5, 0.6) is 0 Å². The van der Waals surface area contributed by atoms with E-state index in [4.69, 9.17) is 5.11 Å². The number of hydrogen-bond donors (Lipinski definition) is 2. The summed E-state index contributed by atoms with van der Waals surface area (Å²) in [4.78, 5) is 12.8. The highest BCUT2D eigenvalue weighted by atomic mass is 19.1. The molecule has 0 spiro atoms. The van der Waals surface area contributed by atoms with Crippen LogP contribution in [0.15, 0.2) is 24.3 Å². The van der Waals surface area contributed by atoms with Gasteiger partial charge in [0.25, 0.3) is 0 Å². The summed E-state index contributed by atoms with van der Waals surface area (Å²) in [6.07, 6.45) is 3.67. The molecule has 1 fully saturated rings. The Morgan fingerprint density at radius 2 is 2.10 bits per heavy atom. The van der Waals surface area contributed by atoms with Crippen molar-refractivity contribution in [2.45, 2.75) is 25.5 Å². The van der Waals surface area contributed by atoms with Crippen molar-refractivity contribution in [2.24, 2.45) is 0 Å². The third-order valence-corrected chi connectivity index (χ3v) is 3.46. The van der Waals surface area contributed by atoms with E-state index in [-0.39, 0.29) is 11.9 Å². The molecular formula is C15H18FNO3. The lowest BCUT2D eigenvalue weighted by molar-refractivity contribution is -0.131. The van der Waals surface area contributed by atoms with E-state index in [1.54, 1.807) is 6.07 Å². The van der Waals surface area contributed by atoms with Crippen LogP contribution >= 0.6 is 0 Å². The van der Waals surface area contributed by atoms with Crippen molar-refractivity contribution in [1.29, 1.82) is 0 Å². The molecule has 20 heavy (non-hydrogen) atoms. The number of piperidine rings is 1. The third-order valence-electron chi connectivity index (χ3n) is 3.46. The number of carbonyl (C=O) groups is 1. The van der Waals surface area contributed by atoms with E-state index in [0.29, 0.717) is 12.1 Å². The van der Waals surface area contributed by atoms with Gasteiger partial charge < -0.3 is 10.2 Å². The zero-order valence-corrected chi connectivity index (χ0v) is 11.1. The van der Waals surface area contributed by atoms with Gasteiger partial charge in [-0.3, -0.25) is 4.90 Å². The molecule has 0 aromatic heterocycles. The first-order valence-corrected chi connectivity index (χ1v) is 6.64. The van der Waals surface area contributed by atoms with Gasteiger partial charge in [-0.1, -0.05) is 6.07 Å². The van der Waals surface area contributed by atoms with Crippen LogP contribution in [0.25, 0.3) is 6.08 Å². The SMILES string of the molecule is O=C(O)C=Cc1cc(F)ccc1CN1CCC(O)CC1. The molecule has 0 radical (unpaired) electrons. The molecule has 0 saturated carbocycles. The Bertz CT molecular complexity index is 508. The molecule has 1 aliphatic rings. The highest BCUT2D eigenvalue weighted by Crippen LogP contribution is 2.18. The molecule has 2 rings (SSSR count). The van der Waals surface area contributed by atoms with Crippen LogP contribution in [-0.4, -0.2) is 40.3 Å². The first-order valence-electron chi connectivity index (χ1n) is 6.64. The minimum atomic E-state index is -1.05. The van der Waals surface area contributed by atoms with E-state index in [2.05, 4.69) is 4.90 Å². The number of likely N-dealkylation sites (tertiary alicyclic amines) is 1. The van der Waals surface area contributed by atoms with Crippen molar-refractivity contribution < 1.29 is 19.4 Å². The fourth-order valence-corrected chi connectivity index (χ4v) is 2.34. The van der Waals surface area contributed by atoms with Crippen molar-refractivity contribution >= 4 is 12.0 Å². The van der Waals surface area contributed by atoms with Gasteiger partial charge in [-0.15, -0.1) is 0 Å². The van der Waals surface area contributed by atoms with E-state index in [9.17, 15) is 14.3 Å². The molecule has 0 unspecified atom stereocenters. The topological polar surface area (TPSA) is 60.8 Å². The average molecular weight is 279 g/mol. The lowest BCUT2D eigenvalue weighted by atomic mass is 10.0. The van der Waals surface area contributed by atoms with Crippen LogP contribution in [0.3, 0.4) is 0 Å². The predicted molar refractivity (Wildman–Crippen MR) is 73.6 cm³/mol.